The topological polar surface area (TPSA) is 84.7 Å². The van der Waals surface area contributed by atoms with Crippen molar-refractivity contribution >= 4 is 11.6 Å². The first kappa shape index (κ1) is 18.4. The molecule has 1 N–H and O–H groups in total. The molecule has 0 aliphatic heterocycles. The largest absolute Gasteiger partial charge is 0.492 e. The number of nitrogens with one attached hydrogen (secondary N) is 1. The summed E-state index contributed by atoms with van der Waals surface area (Å²) in [4.78, 5) is 24.2. The van der Waals surface area contributed by atoms with Gasteiger partial charge in [0.25, 0.3) is 11.6 Å². The molecule has 7 heteroatoms. The average Bonchev–Trinajstić information content (AvgIpc) is 2.60. The number of likely N-dealkylation sites (N-methyl/N-ethyl adjacent to an activating group) is 1. The van der Waals surface area contributed by atoms with Gasteiger partial charge in [0.1, 0.15) is 12.4 Å². The van der Waals surface area contributed by atoms with Crippen LogP contribution in [0.1, 0.15) is 15.9 Å². The van der Waals surface area contributed by atoms with E-state index in [-0.39, 0.29) is 11.6 Å². The van der Waals surface area contributed by atoms with E-state index < -0.39 is 4.92 Å². The molecule has 1 amide bonds. The average molecular weight is 343 g/mol. The molecular weight excluding hydrogens is 322 g/mol. The van der Waals surface area contributed by atoms with Gasteiger partial charge in [-0.05, 0) is 43.9 Å². The van der Waals surface area contributed by atoms with Gasteiger partial charge in [0.2, 0.25) is 0 Å². The molecule has 0 bridgehead atoms. The van der Waals surface area contributed by atoms with Gasteiger partial charge in [0.05, 0.1) is 4.92 Å². The number of nitro benzene ring substituents is 1. The molecule has 0 fully saturated rings. The maximum absolute atomic E-state index is 12.1. The Kier molecular flexibility index (Phi) is 6.47. The number of nitrogens with zero attached hydrogens (tertiary/aromatic N) is 2. The van der Waals surface area contributed by atoms with Crippen LogP contribution in [0.5, 0.6) is 5.75 Å². The normalized spacial score (nSPS) is 10.5. The fourth-order valence-corrected chi connectivity index (χ4v) is 2.07. The Labute approximate surface area is 146 Å². The van der Waals surface area contributed by atoms with Crippen LogP contribution < -0.4 is 10.1 Å². The summed E-state index contributed by atoms with van der Waals surface area (Å²) in [6.07, 6.45) is 0. The number of rotatable bonds is 8. The van der Waals surface area contributed by atoms with Crippen LogP contribution in [0.15, 0.2) is 48.5 Å². The zero-order valence-corrected chi connectivity index (χ0v) is 14.3. The molecule has 0 saturated heterocycles. The highest BCUT2D eigenvalue weighted by Gasteiger charge is 2.09. The number of amides is 1. The molecular formula is C18H21N3O4. The smallest absolute Gasteiger partial charge is 0.269 e. The summed E-state index contributed by atoms with van der Waals surface area (Å²) in [5.74, 6) is 0.508. The van der Waals surface area contributed by atoms with Crippen molar-refractivity contribution in [1.29, 1.82) is 0 Å². The minimum Gasteiger partial charge on any atom is -0.492 e. The predicted molar refractivity (Wildman–Crippen MR) is 94.8 cm³/mol. The minimum absolute atomic E-state index is 0.0404. The number of benzene rings is 2. The SMILES string of the molecule is CN(C)CCOc1ccc(CNC(=O)c2ccc([N+](=O)[O-])cc2)cc1. The second-order valence-corrected chi connectivity index (χ2v) is 5.78. The van der Waals surface area contributed by atoms with Gasteiger partial charge in [-0.1, -0.05) is 12.1 Å². The fourth-order valence-electron chi connectivity index (χ4n) is 2.07. The number of nitro groups is 1. The lowest BCUT2D eigenvalue weighted by Crippen LogP contribution is -2.22. The lowest BCUT2D eigenvalue weighted by molar-refractivity contribution is -0.384. The zero-order chi connectivity index (χ0) is 18.2. The van der Waals surface area contributed by atoms with Crippen molar-refractivity contribution in [2.75, 3.05) is 27.2 Å². The van der Waals surface area contributed by atoms with Gasteiger partial charge >= 0.3 is 0 Å². The standard InChI is InChI=1S/C18H21N3O4/c1-20(2)11-12-25-17-9-3-14(4-10-17)13-19-18(22)15-5-7-16(8-6-15)21(23)24/h3-10H,11-13H2,1-2H3,(H,19,22). The third-order valence-electron chi connectivity index (χ3n) is 3.52. The van der Waals surface area contributed by atoms with Crippen molar-refractivity contribution < 1.29 is 14.5 Å². The fraction of sp³-hybridized carbons (Fsp3) is 0.278. The number of carbonyl (C=O) groups excluding carboxylic acids is 1. The maximum atomic E-state index is 12.1. The molecule has 2 aromatic rings. The zero-order valence-electron chi connectivity index (χ0n) is 14.3. The first-order valence-corrected chi connectivity index (χ1v) is 7.85. The van der Waals surface area contributed by atoms with Crippen molar-refractivity contribution in [3.05, 3.63) is 69.8 Å². The highest BCUT2D eigenvalue weighted by atomic mass is 16.6. The summed E-state index contributed by atoms with van der Waals surface area (Å²) in [5, 5.41) is 13.4. The molecule has 0 unspecified atom stereocenters. The summed E-state index contributed by atoms with van der Waals surface area (Å²) >= 11 is 0. The third kappa shape index (κ3) is 5.89. The molecule has 0 spiro atoms. The second kappa shape index (κ2) is 8.79. The molecule has 0 radical (unpaired) electrons. The van der Waals surface area contributed by atoms with Crippen molar-refractivity contribution in [3.8, 4) is 5.75 Å². The lowest BCUT2D eigenvalue weighted by Gasteiger charge is -2.11. The monoisotopic (exact) mass is 343 g/mol. The molecule has 25 heavy (non-hydrogen) atoms. The van der Waals surface area contributed by atoms with E-state index >= 15 is 0 Å². The Balaban J connectivity index is 1.84. The number of hydrogen-bond donors (Lipinski definition) is 1. The van der Waals surface area contributed by atoms with Crippen LogP contribution in [0.2, 0.25) is 0 Å². The molecule has 0 aliphatic carbocycles. The Morgan fingerprint density at radius 1 is 1.12 bits per heavy atom. The van der Waals surface area contributed by atoms with E-state index in [0.29, 0.717) is 18.7 Å². The van der Waals surface area contributed by atoms with Gasteiger partial charge in [0, 0.05) is 30.8 Å². The Morgan fingerprint density at radius 2 is 1.76 bits per heavy atom. The Bertz CT molecular complexity index is 712. The van der Waals surface area contributed by atoms with E-state index in [1.807, 2.05) is 43.3 Å². The Morgan fingerprint density at radius 3 is 2.32 bits per heavy atom. The first-order valence-electron chi connectivity index (χ1n) is 7.85. The number of ether oxygens (including phenoxy) is 1. The summed E-state index contributed by atoms with van der Waals surface area (Å²) in [6.45, 7) is 1.82. The Hall–Kier alpha value is -2.93. The van der Waals surface area contributed by atoms with Crippen LogP contribution in [0.3, 0.4) is 0 Å². The van der Waals surface area contributed by atoms with Crippen LogP contribution in [-0.4, -0.2) is 43.0 Å². The van der Waals surface area contributed by atoms with Crippen molar-refractivity contribution in [1.82, 2.24) is 10.2 Å². The minimum atomic E-state index is -0.496. The highest BCUT2D eigenvalue weighted by molar-refractivity contribution is 5.94. The van der Waals surface area contributed by atoms with Crippen molar-refractivity contribution in [3.63, 3.8) is 0 Å². The summed E-state index contributed by atoms with van der Waals surface area (Å²) < 4.78 is 5.61. The molecule has 0 aliphatic rings. The van der Waals surface area contributed by atoms with Gasteiger partial charge in [-0.3, -0.25) is 14.9 Å². The summed E-state index contributed by atoms with van der Waals surface area (Å²) in [5.41, 5.74) is 1.28. The van der Waals surface area contributed by atoms with E-state index in [0.717, 1.165) is 17.9 Å². The molecule has 0 heterocycles. The maximum Gasteiger partial charge on any atom is 0.269 e. The summed E-state index contributed by atoms with van der Waals surface area (Å²) in [7, 11) is 3.97. The van der Waals surface area contributed by atoms with Gasteiger partial charge in [-0.15, -0.1) is 0 Å². The quantitative estimate of drug-likeness (QED) is 0.588. The molecule has 7 nitrogen and oxygen atoms in total. The molecule has 0 saturated carbocycles. The molecule has 2 aromatic carbocycles. The van der Waals surface area contributed by atoms with Crippen molar-refractivity contribution in [2.24, 2.45) is 0 Å². The van der Waals surface area contributed by atoms with Gasteiger partial charge in [0.15, 0.2) is 0 Å². The number of carbonyl (C=O) groups is 1. The molecule has 0 atom stereocenters. The highest BCUT2D eigenvalue weighted by Crippen LogP contribution is 2.13. The second-order valence-electron chi connectivity index (χ2n) is 5.78. The first-order chi connectivity index (χ1) is 12.0. The number of hydrogen-bond acceptors (Lipinski definition) is 5. The van der Waals surface area contributed by atoms with E-state index in [2.05, 4.69) is 5.32 Å². The van der Waals surface area contributed by atoms with Crippen LogP contribution in [0.4, 0.5) is 5.69 Å². The van der Waals surface area contributed by atoms with E-state index in [4.69, 9.17) is 4.74 Å². The van der Waals surface area contributed by atoms with Crippen LogP contribution >= 0.6 is 0 Å². The third-order valence-corrected chi connectivity index (χ3v) is 3.52. The molecule has 0 aromatic heterocycles. The van der Waals surface area contributed by atoms with Crippen LogP contribution in [0.25, 0.3) is 0 Å². The van der Waals surface area contributed by atoms with E-state index in [9.17, 15) is 14.9 Å². The number of non-ortho nitro benzene ring substituents is 1. The molecule has 2 rings (SSSR count). The van der Waals surface area contributed by atoms with Crippen LogP contribution in [-0.2, 0) is 6.54 Å². The van der Waals surface area contributed by atoms with Crippen molar-refractivity contribution in [2.45, 2.75) is 6.54 Å². The summed E-state index contributed by atoms with van der Waals surface area (Å²) in [6, 6.07) is 13.0. The van der Waals surface area contributed by atoms with Crippen LogP contribution in [0, 0.1) is 10.1 Å². The van der Waals surface area contributed by atoms with E-state index in [1.165, 1.54) is 24.3 Å². The van der Waals surface area contributed by atoms with Gasteiger partial charge in [-0.2, -0.15) is 0 Å². The predicted octanol–water partition coefficient (Wildman–Crippen LogP) is 2.47. The lowest BCUT2D eigenvalue weighted by atomic mass is 10.1. The molecule has 132 valence electrons. The van der Waals surface area contributed by atoms with Gasteiger partial charge < -0.3 is 15.0 Å². The van der Waals surface area contributed by atoms with Gasteiger partial charge in [-0.25, -0.2) is 0 Å². The van der Waals surface area contributed by atoms with E-state index in [1.54, 1.807) is 0 Å².